The number of hydrogen-bond acceptors (Lipinski definition) is 3. The maximum absolute atomic E-state index is 12.2. The van der Waals surface area contributed by atoms with Gasteiger partial charge in [-0.1, -0.05) is 0 Å². The van der Waals surface area contributed by atoms with Crippen LogP contribution in [0.2, 0.25) is 0 Å². The second-order valence-electron chi connectivity index (χ2n) is 2.89. The molecule has 10 heteroatoms. The van der Waals surface area contributed by atoms with Crippen LogP contribution < -0.4 is 0 Å². The van der Waals surface area contributed by atoms with Crippen molar-refractivity contribution in [2.45, 2.75) is 18.5 Å². The highest BCUT2D eigenvalue weighted by molar-refractivity contribution is 7.85. The molecule has 0 fully saturated rings. The van der Waals surface area contributed by atoms with Crippen LogP contribution in [0, 0.1) is 0 Å². The molecule has 0 aromatic heterocycles. The summed E-state index contributed by atoms with van der Waals surface area (Å²) in [4.78, 5) is 0. The Labute approximate surface area is 88.1 Å². The molecule has 0 aliphatic carbocycles. The van der Waals surface area contributed by atoms with Crippen molar-refractivity contribution in [1.29, 1.82) is 0 Å². The first-order chi connectivity index (χ1) is 6.96. The molecule has 4 nitrogen and oxygen atoms in total. The van der Waals surface area contributed by atoms with E-state index >= 15 is 0 Å². The van der Waals surface area contributed by atoms with Gasteiger partial charge in [0.15, 0.2) is 0 Å². The van der Waals surface area contributed by atoms with E-state index in [0.29, 0.717) is 0 Å². The van der Waals surface area contributed by atoms with Gasteiger partial charge in [-0.05, 0) is 6.42 Å². The maximum Gasteiger partial charge on any atom is 0.455 e. The highest BCUT2D eigenvalue weighted by atomic mass is 32.2. The molecule has 0 aromatic carbocycles. The van der Waals surface area contributed by atoms with E-state index in [1.165, 1.54) is 0 Å². The lowest BCUT2D eigenvalue weighted by atomic mass is 10.3. The molecule has 0 rings (SSSR count). The minimum atomic E-state index is -5.70. The number of ether oxygens (including phenoxy) is 1. The summed E-state index contributed by atoms with van der Waals surface area (Å²) in [5.41, 5.74) is 0. The van der Waals surface area contributed by atoms with Crippen molar-refractivity contribution < 1.29 is 39.7 Å². The van der Waals surface area contributed by atoms with E-state index in [9.17, 15) is 30.4 Å². The van der Waals surface area contributed by atoms with Gasteiger partial charge in [-0.15, -0.1) is 0 Å². The quantitative estimate of drug-likeness (QED) is 0.452. The predicted octanol–water partition coefficient (Wildman–Crippen LogP) is 1.48. The Morgan fingerprint density at radius 2 is 1.62 bits per heavy atom. The Hall–Kier alpha value is -0.480. The van der Waals surface area contributed by atoms with Gasteiger partial charge in [-0.2, -0.15) is 30.4 Å². The van der Waals surface area contributed by atoms with Crippen LogP contribution in [0.4, 0.5) is 22.0 Å². The standard InChI is InChI=1S/C6H9F5O4S/c7-5(8,6(9,10)11)4-15-2-1-3-16(12,13)14/h1-4H2,(H,12,13,14). The van der Waals surface area contributed by atoms with Crippen LogP contribution in [0.15, 0.2) is 0 Å². The molecule has 0 amide bonds. The highest BCUT2D eigenvalue weighted by Crippen LogP contribution is 2.35. The van der Waals surface area contributed by atoms with Crippen LogP contribution in [-0.2, 0) is 14.9 Å². The lowest BCUT2D eigenvalue weighted by Crippen LogP contribution is -2.40. The molecule has 0 saturated carbocycles. The summed E-state index contributed by atoms with van der Waals surface area (Å²) < 4.78 is 91.5. The van der Waals surface area contributed by atoms with Gasteiger partial charge in [0.25, 0.3) is 10.1 Å². The molecule has 0 aliphatic rings. The Bertz CT molecular complexity index is 309. The molecule has 98 valence electrons. The molecule has 0 heterocycles. The average molecular weight is 272 g/mol. The monoisotopic (exact) mass is 272 g/mol. The number of alkyl halides is 5. The molecule has 0 spiro atoms. The summed E-state index contributed by atoms with van der Waals surface area (Å²) >= 11 is 0. The smallest absolute Gasteiger partial charge is 0.375 e. The van der Waals surface area contributed by atoms with Gasteiger partial charge in [0.05, 0.1) is 5.75 Å². The van der Waals surface area contributed by atoms with Gasteiger partial charge in [-0.3, -0.25) is 4.55 Å². The topological polar surface area (TPSA) is 63.6 Å². The van der Waals surface area contributed by atoms with Gasteiger partial charge >= 0.3 is 12.1 Å². The number of halogens is 5. The summed E-state index contributed by atoms with van der Waals surface area (Å²) in [6.45, 7) is -2.49. The fourth-order valence-electron chi connectivity index (χ4n) is 0.626. The molecular weight excluding hydrogens is 263 g/mol. The third kappa shape index (κ3) is 6.18. The molecule has 1 N–H and O–H groups in total. The van der Waals surface area contributed by atoms with Crippen molar-refractivity contribution in [3.63, 3.8) is 0 Å². The normalized spacial score (nSPS) is 14.1. The molecule has 0 aromatic rings. The van der Waals surface area contributed by atoms with E-state index in [2.05, 4.69) is 4.74 Å². The summed E-state index contributed by atoms with van der Waals surface area (Å²) in [5, 5.41) is 0. The van der Waals surface area contributed by atoms with Crippen LogP contribution >= 0.6 is 0 Å². The van der Waals surface area contributed by atoms with Gasteiger partial charge in [-0.25, -0.2) is 0 Å². The molecule has 0 unspecified atom stereocenters. The summed E-state index contributed by atoms with van der Waals surface area (Å²) in [5.74, 6) is -5.73. The first kappa shape index (κ1) is 15.5. The van der Waals surface area contributed by atoms with Crippen molar-refractivity contribution in [2.24, 2.45) is 0 Å². The van der Waals surface area contributed by atoms with Crippen LogP contribution in [-0.4, -0.2) is 44.0 Å². The molecule has 0 atom stereocenters. The highest BCUT2D eigenvalue weighted by Gasteiger charge is 2.57. The van der Waals surface area contributed by atoms with E-state index in [1.807, 2.05) is 0 Å². The first-order valence-corrected chi connectivity index (χ1v) is 5.54. The fourth-order valence-corrected chi connectivity index (χ4v) is 1.11. The zero-order valence-corrected chi connectivity index (χ0v) is 8.61. The Kier molecular flexibility index (Phi) is 5.08. The Morgan fingerprint density at radius 1 is 1.12 bits per heavy atom. The lowest BCUT2D eigenvalue weighted by molar-refractivity contribution is -0.296. The summed E-state index contributed by atoms with van der Waals surface area (Å²) in [6.07, 6.45) is -6.07. The molecule has 0 radical (unpaired) electrons. The summed E-state index contributed by atoms with van der Waals surface area (Å²) in [7, 11) is -4.26. The van der Waals surface area contributed by atoms with Crippen LogP contribution in [0.1, 0.15) is 6.42 Å². The van der Waals surface area contributed by atoms with Crippen LogP contribution in [0.25, 0.3) is 0 Å². The van der Waals surface area contributed by atoms with Crippen molar-refractivity contribution in [1.82, 2.24) is 0 Å². The van der Waals surface area contributed by atoms with E-state index in [1.54, 1.807) is 0 Å². The molecule has 0 bridgehead atoms. The van der Waals surface area contributed by atoms with Crippen molar-refractivity contribution in [3.8, 4) is 0 Å². The van der Waals surface area contributed by atoms with Crippen molar-refractivity contribution in [3.05, 3.63) is 0 Å². The van der Waals surface area contributed by atoms with Gasteiger partial charge in [0, 0.05) is 6.61 Å². The van der Waals surface area contributed by atoms with Gasteiger partial charge in [0.1, 0.15) is 6.61 Å². The average Bonchev–Trinajstić information content (AvgIpc) is 1.98. The second-order valence-corrected chi connectivity index (χ2v) is 4.47. The summed E-state index contributed by atoms with van der Waals surface area (Å²) in [6, 6.07) is 0. The fraction of sp³-hybridized carbons (Fsp3) is 1.00. The van der Waals surface area contributed by atoms with Crippen LogP contribution in [0.3, 0.4) is 0 Å². The number of hydrogen-bond donors (Lipinski definition) is 1. The zero-order valence-electron chi connectivity index (χ0n) is 7.80. The minimum Gasteiger partial charge on any atom is -0.375 e. The molecule has 0 aliphatic heterocycles. The predicted molar refractivity (Wildman–Crippen MR) is 42.9 cm³/mol. The third-order valence-corrected chi connectivity index (χ3v) is 2.19. The van der Waals surface area contributed by atoms with Gasteiger partial charge in [0.2, 0.25) is 0 Å². The zero-order chi connectivity index (χ0) is 13.0. The number of rotatable bonds is 6. The van der Waals surface area contributed by atoms with E-state index < -0.39 is 41.2 Å². The molecule has 16 heavy (non-hydrogen) atoms. The van der Waals surface area contributed by atoms with Crippen molar-refractivity contribution >= 4 is 10.1 Å². The van der Waals surface area contributed by atoms with Crippen LogP contribution in [0.5, 0.6) is 0 Å². The SMILES string of the molecule is O=S(=O)(O)CCCOCC(F)(F)C(F)(F)F. The van der Waals surface area contributed by atoms with Gasteiger partial charge < -0.3 is 4.74 Å². The largest absolute Gasteiger partial charge is 0.455 e. The lowest BCUT2D eigenvalue weighted by Gasteiger charge is -2.19. The first-order valence-electron chi connectivity index (χ1n) is 3.93. The second kappa shape index (κ2) is 5.23. The van der Waals surface area contributed by atoms with Crippen molar-refractivity contribution in [2.75, 3.05) is 19.0 Å². The Morgan fingerprint density at radius 3 is 2.00 bits per heavy atom. The minimum absolute atomic E-state index is 0.368. The third-order valence-electron chi connectivity index (χ3n) is 1.39. The molecular formula is C6H9F5O4S. The van der Waals surface area contributed by atoms with E-state index in [0.717, 1.165) is 0 Å². The van der Waals surface area contributed by atoms with E-state index in [4.69, 9.17) is 4.55 Å². The molecule has 0 saturated heterocycles. The Balaban J connectivity index is 3.84. The van der Waals surface area contributed by atoms with E-state index in [-0.39, 0.29) is 6.42 Å². The maximum atomic E-state index is 12.2.